The highest BCUT2D eigenvalue weighted by molar-refractivity contribution is 5.85. The molecule has 160 valence electrons. The summed E-state index contributed by atoms with van der Waals surface area (Å²) in [5.74, 6) is -0.276. The topological polar surface area (TPSA) is 132 Å². The quantitative estimate of drug-likeness (QED) is 0.254. The number of nitrogens with zero attached hydrogens (tertiary/aromatic N) is 1. The average Bonchev–Trinajstić information content (AvgIpc) is 2.75. The minimum Gasteiger partial charge on any atom is -0.445 e. The van der Waals surface area contributed by atoms with Gasteiger partial charge in [-0.25, -0.2) is 4.79 Å². The molecule has 0 aliphatic heterocycles. The summed E-state index contributed by atoms with van der Waals surface area (Å²) in [5.41, 5.74) is 12.6. The van der Waals surface area contributed by atoms with E-state index in [4.69, 9.17) is 16.2 Å². The van der Waals surface area contributed by atoms with E-state index in [1.165, 1.54) is 0 Å². The number of nitrogens with one attached hydrogen (secondary N) is 2. The van der Waals surface area contributed by atoms with Gasteiger partial charge in [0.15, 0.2) is 5.96 Å². The van der Waals surface area contributed by atoms with E-state index in [0.717, 1.165) is 11.1 Å². The van der Waals surface area contributed by atoms with Crippen molar-refractivity contribution >= 4 is 18.0 Å². The van der Waals surface area contributed by atoms with Gasteiger partial charge >= 0.3 is 6.09 Å². The summed E-state index contributed by atoms with van der Waals surface area (Å²) in [6.07, 6.45) is 0.970. The zero-order valence-corrected chi connectivity index (χ0v) is 16.9. The number of aliphatic imine (C=N–C) groups is 1. The van der Waals surface area contributed by atoms with Gasteiger partial charge in [-0.05, 0) is 30.4 Å². The number of rotatable bonds is 11. The summed E-state index contributed by atoms with van der Waals surface area (Å²) in [5, 5.41) is 5.51. The lowest BCUT2D eigenvalue weighted by Crippen LogP contribution is -2.47. The van der Waals surface area contributed by atoms with Crippen LogP contribution in [-0.2, 0) is 22.6 Å². The van der Waals surface area contributed by atoms with E-state index in [0.29, 0.717) is 32.4 Å². The molecule has 2 aromatic carbocycles. The van der Waals surface area contributed by atoms with E-state index < -0.39 is 12.1 Å². The zero-order chi connectivity index (χ0) is 21.6. The fraction of sp³-hybridized carbons (Fsp3) is 0.318. The van der Waals surface area contributed by atoms with E-state index in [1.54, 1.807) is 0 Å². The second kappa shape index (κ2) is 12.8. The largest absolute Gasteiger partial charge is 0.445 e. The first-order valence-electron chi connectivity index (χ1n) is 9.89. The number of amides is 2. The van der Waals surface area contributed by atoms with Gasteiger partial charge in [0.1, 0.15) is 12.6 Å². The Hall–Kier alpha value is -3.55. The Morgan fingerprint density at radius 2 is 1.60 bits per heavy atom. The molecule has 1 atom stereocenters. The first-order valence-corrected chi connectivity index (χ1v) is 9.89. The molecule has 0 bridgehead atoms. The molecule has 2 amide bonds. The Morgan fingerprint density at radius 3 is 2.23 bits per heavy atom. The van der Waals surface area contributed by atoms with Crippen LogP contribution < -0.4 is 22.1 Å². The maximum Gasteiger partial charge on any atom is 0.408 e. The van der Waals surface area contributed by atoms with Gasteiger partial charge in [0.25, 0.3) is 0 Å². The van der Waals surface area contributed by atoms with E-state index >= 15 is 0 Å². The third kappa shape index (κ3) is 9.09. The number of carbonyl (C=O) groups is 2. The molecule has 0 radical (unpaired) electrons. The predicted molar refractivity (Wildman–Crippen MR) is 117 cm³/mol. The summed E-state index contributed by atoms with van der Waals surface area (Å²) in [7, 11) is 0. The minimum absolute atomic E-state index is 0.00547. The van der Waals surface area contributed by atoms with Crippen molar-refractivity contribution in [3.63, 3.8) is 0 Å². The van der Waals surface area contributed by atoms with E-state index in [1.807, 2.05) is 60.7 Å². The van der Waals surface area contributed by atoms with Gasteiger partial charge in [-0.1, -0.05) is 60.7 Å². The Labute approximate surface area is 176 Å². The highest BCUT2D eigenvalue weighted by Crippen LogP contribution is 2.04. The van der Waals surface area contributed by atoms with Gasteiger partial charge in [0.2, 0.25) is 5.91 Å². The third-order valence-corrected chi connectivity index (χ3v) is 4.32. The predicted octanol–water partition coefficient (Wildman–Crippen LogP) is 1.69. The number of alkyl carbamates (subject to hydrolysis) is 1. The average molecular weight is 412 g/mol. The lowest BCUT2D eigenvalue weighted by molar-refractivity contribution is -0.123. The molecule has 0 unspecified atom stereocenters. The molecule has 0 aromatic heterocycles. The van der Waals surface area contributed by atoms with Crippen molar-refractivity contribution in [1.29, 1.82) is 0 Å². The Kier molecular flexibility index (Phi) is 9.72. The number of nitrogens with two attached hydrogens (primary N) is 2. The second-order valence-corrected chi connectivity index (χ2v) is 6.73. The van der Waals surface area contributed by atoms with Crippen LogP contribution in [0.4, 0.5) is 4.79 Å². The smallest absolute Gasteiger partial charge is 0.408 e. The van der Waals surface area contributed by atoms with Crippen LogP contribution in [0.5, 0.6) is 0 Å². The van der Waals surface area contributed by atoms with Crippen molar-refractivity contribution in [1.82, 2.24) is 10.6 Å². The summed E-state index contributed by atoms with van der Waals surface area (Å²) in [6, 6.07) is 18.4. The molecule has 8 heteroatoms. The first-order chi connectivity index (χ1) is 14.5. The van der Waals surface area contributed by atoms with Crippen LogP contribution >= 0.6 is 0 Å². The van der Waals surface area contributed by atoms with Crippen LogP contribution in [0, 0.1) is 0 Å². The SMILES string of the molecule is NC(N)=NCCC[C@H](NC(=O)OCc1ccccc1)C(=O)NCCc1ccccc1. The summed E-state index contributed by atoms with van der Waals surface area (Å²) in [4.78, 5) is 28.7. The normalized spacial score (nSPS) is 11.2. The number of benzene rings is 2. The molecule has 0 aliphatic carbocycles. The van der Waals surface area contributed by atoms with Crippen molar-refractivity contribution < 1.29 is 14.3 Å². The Morgan fingerprint density at radius 1 is 0.967 bits per heavy atom. The van der Waals surface area contributed by atoms with Crippen molar-refractivity contribution in [2.24, 2.45) is 16.5 Å². The van der Waals surface area contributed by atoms with Crippen LogP contribution in [0.2, 0.25) is 0 Å². The molecule has 2 rings (SSSR count). The van der Waals surface area contributed by atoms with Gasteiger partial charge in [-0.2, -0.15) is 0 Å². The van der Waals surface area contributed by atoms with Gasteiger partial charge < -0.3 is 26.8 Å². The van der Waals surface area contributed by atoms with E-state index in [-0.39, 0.29) is 18.5 Å². The van der Waals surface area contributed by atoms with Gasteiger partial charge in [-0.15, -0.1) is 0 Å². The van der Waals surface area contributed by atoms with E-state index in [9.17, 15) is 9.59 Å². The highest BCUT2D eigenvalue weighted by atomic mass is 16.5. The number of carbonyl (C=O) groups excluding carboxylic acids is 2. The molecule has 8 nitrogen and oxygen atoms in total. The van der Waals surface area contributed by atoms with Crippen molar-refractivity contribution in [3.05, 3.63) is 71.8 Å². The number of hydrogen-bond donors (Lipinski definition) is 4. The number of guanidine groups is 1. The summed E-state index contributed by atoms with van der Waals surface area (Å²) >= 11 is 0. The molecule has 0 spiro atoms. The molecule has 0 saturated carbocycles. The maximum atomic E-state index is 12.6. The molecular formula is C22H29N5O3. The fourth-order valence-electron chi connectivity index (χ4n) is 2.78. The van der Waals surface area contributed by atoms with Gasteiger partial charge in [0, 0.05) is 13.1 Å². The minimum atomic E-state index is -0.738. The number of hydrogen-bond acceptors (Lipinski definition) is 4. The lowest BCUT2D eigenvalue weighted by Gasteiger charge is -2.18. The van der Waals surface area contributed by atoms with Crippen LogP contribution in [-0.4, -0.2) is 37.1 Å². The molecular weight excluding hydrogens is 382 g/mol. The Balaban J connectivity index is 1.85. The Bertz CT molecular complexity index is 808. The summed E-state index contributed by atoms with van der Waals surface area (Å²) in [6.45, 7) is 0.966. The molecule has 6 N–H and O–H groups in total. The zero-order valence-electron chi connectivity index (χ0n) is 16.9. The lowest BCUT2D eigenvalue weighted by atomic mass is 10.1. The molecule has 2 aromatic rings. The maximum absolute atomic E-state index is 12.6. The monoisotopic (exact) mass is 411 g/mol. The van der Waals surface area contributed by atoms with Gasteiger partial charge in [-0.3, -0.25) is 9.79 Å². The number of ether oxygens (including phenoxy) is 1. The molecule has 0 aliphatic rings. The van der Waals surface area contributed by atoms with E-state index in [2.05, 4.69) is 15.6 Å². The van der Waals surface area contributed by atoms with Crippen molar-refractivity contribution in [3.8, 4) is 0 Å². The summed E-state index contributed by atoms with van der Waals surface area (Å²) < 4.78 is 5.23. The van der Waals surface area contributed by atoms with Crippen molar-refractivity contribution in [2.75, 3.05) is 13.1 Å². The van der Waals surface area contributed by atoms with Crippen LogP contribution in [0.25, 0.3) is 0 Å². The van der Waals surface area contributed by atoms with Crippen molar-refractivity contribution in [2.45, 2.75) is 31.9 Å². The fourth-order valence-corrected chi connectivity index (χ4v) is 2.78. The third-order valence-electron chi connectivity index (χ3n) is 4.32. The molecule has 0 fully saturated rings. The van der Waals surface area contributed by atoms with Crippen LogP contribution in [0.1, 0.15) is 24.0 Å². The molecule has 0 saturated heterocycles. The standard InChI is InChI=1S/C22H29N5O3/c23-21(24)26-14-7-12-19(20(28)25-15-13-17-8-3-1-4-9-17)27-22(29)30-16-18-10-5-2-6-11-18/h1-6,8-11,19H,7,12-16H2,(H,25,28)(H,27,29)(H4,23,24,26)/t19-/m0/s1. The highest BCUT2D eigenvalue weighted by Gasteiger charge is 2.21. The molecule has 30 heavy (non-hydrogen) atoms. The van der Waals surface area contributed by atoms with Crippen LogP contribution in [0.15, 0.2) is 65.7 Å². The first kappa shape index (κ1) is 22.7. The van der Waals surface area contributed by atoms with Crippen LogP contribution in [0.3, 0.4) is 0 Å². The second-order valence-electron chi connectivity index (χ2n) is 6.73. The molecule has 0 heterocycles. The van der Waals surface area contributed by atoms with Gasteiger partial charge in [0.05, 0.1) is 0 Å².